The Hall–Kier alpha value is 0.580. The van der Waals surface area contributed by atoms with Gasteiger partial charge in [0.25, 0.3) is 0 Å². The summed E-state index contributed by atoms with van der Waals surface area (Å²) in [6.07, 6.45) is 2.31. The first kappa shape index (κ1) is 14.6. The second-order valence-electron chi connectivity index (χ2n) is 5.84. The molecule has 0 aliphatic carbocycles. The minimum Gasteiger partial charge on any atom is -0.126 e. The molecule has 0 amide bonds. The Kier molecular flexibility index (Phi) is 5.84. The van der Waals surface area contributed by atoms with E-state index < -0.39 is 0 Å². The van der Waals surface area contributed by atoms with E-state index in [4.69, 9.17) is 23.2 Å². The van der Waals surface area contributed by atoms with E-state index in [1.54, 1.807) is 0 Å². The van der Waals surface area contributed by atoms with Crippen LogP contribution in [0.5, 0.6) is 0 Å². The summed E-state index contributed by atoms with van der Waals surface area (Å²) in [5, 5.41) is 0. The smallest absolute Gasteiger partial charge is 0.0293 e. The lowest BCUT2D eigenvalue weighted by Gasteiger charge is -2.36. The van der Waals surface area contributed by atoms with Gasteiger partial charge in [0.2, 0.25) is 0 Å². The van der Waals surface area contributed by atoms with Crippen molar-refractivity contribution >= 4 is 23.2 Å². The molecule has 2 heteroatoms. The van der Waals surface area contributed by atoms with Crippen molar-refractivity contribution in [3.63, 3.8) is 0 Å². The third-order valence-electron chi connectivity index (χ3n) is 3.13. The third kappa shape index (κ3) is 4.40. The van der Waals surface area contributed by atoms with Crippen molar-refractivity contribution < 1.29 is 0 Å². The van der Waals surface area contributed by atoms with Gasteiger partial charge in [-0.05, 0) is 29.6 Å². The van der Waals surface area contributed by atoms with Gasteiger partial charge in [0.15, 0.2) is 0 Å². The largest absolute Gasteiger partial charge is 0.126 e. The van der Waals surface area contributed by atoms with Crippen LogP contribution in [0.2, 0.25) is 0 Å². The van der Waals surface area contributed by atoms with E-state index in [9.17, 15) is 0 Å². The molecule has 0 aliphatic heterocycles. The maximum absolute atomic E-state index is 6.06. The highest BCUT2D eigenvalue weighted by atomic mass is 35.5. The zero-order valence-electron chi connectivity index (χ0n) is 10.2. The summed E-state index contributed by atoms with van der Waals surface area (Å²) in [6, 6.07) is 0. The van der Waals surface area contributed by atoms with Crippen molar-refractivity contribution in [2.75, 3.05) is 11.8 Å². The van der Waals surface area contributed by atoms with Crippen molar-refractivity contribution in [2.45, 2.75) is 47.5 Å². The molecular weight excluding hydrogens is 215 g/mol. The van der Waals surface area contributed by atoms with Crippen molar-refractivity contribution in [1.29, 1.82) is 0 Å². The fourth-order valence-corrected chi connectivity index (χ4v) is 2.56. The van der Waals surface area contributed by atoms with Crippen LogP contribution >= 0.6 is 23.2 Å². The number of rotatable bonds is 5. The molecule has 0 atom stereocenters. The van der Waals surface area contributed by atoms with Gasteiger partial charge in [-0.25, -0.2) is 0 Å². The average molecular weight is 239 g/mol. The molecule has 0 aromatic heterocycles. The van der Waals surface area contributed by atoms with E-state index >= 15 is 0 Å². The SMILES string of the molecule is CC(C)C(CCl)(CCl)CCC(C)(C)C. The lowest BCUT2D eigenvalue weighted by Crippen LogP contribution is -2.32. The monoisotopic (exact) mass is 238 g/mol. The van der Waals surface area contributed by atoms with Gasteiger partial charge in [-0.3, -0.25) is 0 Å². The first-order chi connectivity index (χ1) is 6.27. The molecule has 0 N–H and O–H groups in total. The fraction of sp³-hybridized carbons (Fsp3) is 1.00. The minimum absolute atomic E-state index is 0.121. The Bertz CT molecular complexity index is 152. The normalized spacial score (nSPS) is 13.7. The fourth-order valence-electron chi connectivity index (χ4n) is 1.39. The molecule has 0 saturated heterocycles. The van der Waals surface area contributed by atoms with E-state index in [-0.39, 0.29) is 5.41 Å². The quantitative estimate of drug-likeness (QED) is 0.596. The van der Waals surface area contributed by atoms with Gasteiger partial charge in [0.1, 0.15) is 0 Å². The van der Waals surface area contributed by atoms with E-state index in [1.165, 1.54) is 6.42 Å². The van der Waals surface area contributed by atoms with Crippen LogP contribution in [0, 0.1) is 16.7 Å². The molecule has 0 heterocycles. The second-order valence-corrected chi connectivity index (χ2v) is 6.38. The van der Waals surface area contributed by atoms with Crippen LogP contribution in [0.3, 0.4) is 0 Å². The molecule has 0 rings (SSSR count). The van der Waals surface area contributed by atoms with Crippen molar-refractivity contribution in [3.8, 4) is 0 Å². The highest BCUT2D eigenvalue weighted by molar-refractivity contribution is 6.21. The topological polar surface area (TPSA) is 0 Å². The summed E-state index contributed by atoms with van der Waals surface area (Å²) in [7, 11) is 0. The van der Waals surface area contributed by atoms with Gasteiger partial charge in [-0.2, -0.15) is 0 Å². The molecule has 0 aromatic carbocycles. The van der Waals surface area contributed by atoms with Crippen LogP contribution in [0.15, 0.2) is 0 Å². The number of hydrogen-bond acceptors (Lipinski definition) is 0. The molecule has 0 saturated carbocycles. The Morgan fingerprint density at radius 3 is 1.57 bits per heavy atom. The molecule has 86 valence electrons. The van der Waals surface area contributed by atoms with Crippen LogP contribution in [0.1, 0.15) is 47.5 Å². The van der Waals surface area contributed by atoms with Crippen molar-refractivity contribution in [1.82, 2.24) is 0 Å². The summed E-state index contributed by atoms with van der Waals surface area (Å²) >= 11 is 12.1. The second kappa shape index (κ2) is 5.61. The van der Waals surface area contributed by atoms with Gasteiger partial charge in [0, 0.05) is 11.8 Å². The zero-order chi connectivity index (χ0) is 11.4. The maximum atomic E-state index is 6.06. The van der Waals surface area contributed by atoms with Crippen LogP contribution < -0.4 is 0 Å². The Morgan fingerprint density at radius 1 is 0.929 bits per heavy atom. The van der Waals surface area contributed by atoms with E-state index in [0.717, 1.165) is 6.42 Å². The lowest BCUT2D eigenvalue weighted by molar-refractivity contribution is 0.197. The number of alkyl halides is 2. The number of halogens is 2. The summed E-state index contributed by atoms with van der Waals surface area (Å²) < 4.78 is 0. The molecule has 0 spiro atoms. The van der Waals surface area contributed by atoms with E-state index in [1.807, 2.05) is 0 Å². The highest BCUT2D eigenvalue weighted by Crippen LogP contribution is 2.38. The molecule has 0 aromatic rings. The highest BCUT2D eigenvalue weighted by Gasteiger charge is 2.33. The average Bonchev–Trinajstić information content (AvgIpc) is 2.04. The van der Waals surface area contributed by atoms with Crippen LogP contribution in [0.25, 0.3) is 0 Å². The predicted molar refractivity (Wildman–Crippen MR) is 67.4 cm³/mol. The maximum Gasteiger partial charge on any atom is 0.0293 e. The zero-order valence-corrected chi connectivity index (χ0v) is 11.7. The molecule has 0 radical (unpaired) electrons. The summed E-state index contributed by atoms with van der Waals surface area (Å²) in [6.45, 7) is 11.2. The third-order valence-corrected chi connectivity index (χ3v) is 4.19. The summed E-state index contributed by atoms with van der Waals surface area (Å²) in [5.74, 6) is 1.90. The van der Waals surface area contributed by atoms with Crippen LogP contribution in [-0.4, -0.2) is 11.8 Å². The van der Waals surface area contributed by atoms with Crippen LogP contribution in [0.4, 0.5) is 0 Å². The molecular formula is C12H24Cl2. The first-order valence-corrected chi connectivity index (χ1v) is 6.46. The minimum atomic E-state index is 0.121. The molecule has 14 heavy (non-hydrogen) atoms. The van der Waals surface area contributed by atoms with Gasteiger partial charge in [0.05, 0.1) is 0 Å². The summed E-state index contributed by atoms with van der Waals surface area (Å²) in [4.78, 5) is 0. The van der Waals surface area contributed by atoms with Crippen LogP contribution in [-0.2, 0) is 0 Å². The van der Waals surface area contributed by atoms with E-state index in [2.05, 4.69) is 34.6 Å². The standard InChI is InChI=1S/C12H24Cl2/c1-10(2)12(8-13,9-14)7-6-11(3,4)5/h10H,6-9H2,1-5H3. The molecule has 0 fully saturated rings. The summed E-state index contributed by atoms with van der Waals surface area (Å²) in [5.41, 5.74) is 0.495. The van der Waals surface area contributed by atoms with E-state index in [0.29, 0.717) is 23.1 Å². The van der Waals surface area contributed by atoms with Crippen molar-refractivity contribution in [3.05, 3.63) is 0 Å². The number of hydrogen-bond donors (Lipinski definition) is 0. The Balaban J connectivity index is 4.37. The Morgan fingerprint density at radius 2 is 1.36 bits per heavy atom. The van der Waals surface area contributed by atoms with Gasteiger partial charge in [-0.1, -0.05) is 34.6 Å². The molecule has 0 nitrogen and oxygen atoms in total. The Labute approximate surface area is 99.4 Å². The lowest BCUT2D eigenvalue weighted by atomic mass is 9.73. The molecule has 0 aliphatic rings. The molecule has 0 unspecified atom stereocenters. The van der Waals surface area contributed by atoms with Crippen molar-refractivity contribution in [2.24, 2.45) is 16.7 Å². The predicted octanol–water partition coefficient (Wildman–Crippen LogP) is 4.93. The van der Waals surface area contributed by atoms with Gasteiger partial charge in [-0.15, -0.1) is 23.2 Å². The molecule has 0 bridgehead atoms. The van der Waals surface area contributed by atoms with Gasteiger partial charge < -0.3 is 0 Å². The van der Waals surface area contributed by atoms with Gasteiger partial charge >= 0.3 is 0 Å². The first-order valence-electron chi connectivity index (χ1n) is 5.39.